The highest BCUT2D eigenvalue weighted by molar-refractivity contribution is 5.99. The maximum Gasteiger partial charge on any atom is 0.343 e. The number of urea groups is 1. The number of nitrogens with one attached hydrogen (secondary N) is 2. The number of benzene rings is 2. The molecule has 2 rings (SSSR count). The molecular weight excluding hydrogens is 336 g/mol. The molecule has 0 heterocycles. The van der Waals surface area contributed by atoms with Crippen LogP contribution in [0.5, 0.6) is 5.75 Å². The molecule has 136 valence electrons. The Kier molecular flexibility index (Phi) is 6.32. The Morgan fingerprint density at radius 2 is 1.73 bits per heavy atom. The Balaban J connectivity index is 2.32. The lowest BCUT2D eigenvalue weighted by Crippen LogP contribution is -2.41. The third-order valence-corrected chi connectivity index (χ3v) is 3.60. The number of rotatable bonds is 5. The molecular formula is C19H20N2O5. The van der Waals surface area contributed by atoms with Crippen molar-refractivity contribution in [3.63, 3.8) is 0 Å². The van der Waals surface area contributed by atoms with E-state index in [4.69, 9.17) is 9.47 Å². The van der Waals surface area contributed by atoms with Crippen LogP contribution in [0.25, 0.3) is 0 Å². The monoisotopic (exact) mass is 356 g/mol. The zero-order valence-corrected chi connectivity index (χ0v) is 14.7. The molecule has 0 saturated carbocycles. The molecule has 2 N–H and O–H groups in total. The van der Waals surface area contributed by atoms with Crippen molar-refractivity contribution in [1.82, 2.24) is 10.6 Å². The number of carbonyl (C=O) groups is 3. The third kappa shape index (κ3) is 4.60. The van der Waals surface area contributed by atoms with Gasteiger partial charge in [0.15, 0.2) is 0 Å². The Hall–Kier alpha value is -3.35. The van der Waals surface area contributed by atoms with E-state index in [9.17, 15) is 14.4 Å². The fourth-order valence-corrected chi connectivity index (χ4v) is 2.29. The van der Waals surface area contributed by atoms with Gasteiger partial charge in [0.2, 0.25) is 6.10 Å². The molecule has 2 aromatic carbocycles. The molecule has 0 aliphatic rings. The first-order chi connectivity index (χ1) is 12.5. The molecule has 3 amide bonds. The molecule has 0 aliphatic carbocycles. The SMILES string of the molecule is CNC(=O)NC(=O)C(OC(=O)c1cc(C)ccc1OC)c1ccccc1. The molecule has 2 aromatic rings. The number of imide groups is 1. The largest absolute Gasteiger partial charge is 0.496 e. The zero-order valence-electron chi connectivity index (χ0n) is 14.7. The van der Waals surface area contributed by atoms with Crippen molar-refractivity contribution in [2.75, 3.05) is 14.2 Å². The van der Waals surface area contributed by atoms with Crippen LogP contribution in [0, 0.1) is 6.92 Å². The summed E-state index contributed by atoms with van der Waals surface area (Å²) in [5.41, 5.74) is 1.47. The van der Waals surface area contributed by atoms with E-state index in [1.165, 1.54) is 14.2 Å². The predicted molar refractivity (Wildman–Crippen MR) is 94.9 cm³/mol. The summed E-state index contributed by atoms with van der Waals surface area (Å²) < 4.78 is 10.6. The predicted octanol–water partition coefficient (Wildman–Crippen LogP) is 2.36. The van der Waals surface area contributed by atoms with Crippen LogP contribution in [0.2, 0.25) is 0 Å². The second-order valence-electron chi connectivity index (χ2n) is 5.47. The van der Waals surface area contributed by atoms with Gasteiger partial charge in [-0.1, -0.05) is 42.0 Å². The third-order valence-electron chi connectivity index (χ3n) is 3.60. The smallest absolute Gasteiger partial charge is 0.343 e. The maximum absolute atomic E-state index is 12.6. The summed E-state index contributed by atoms with van der Waals surface area (Å²) in [5.74, 6) is -1.15. The Labute approximate surface area is 151 Å². The van der Waals surface area contributed by atoms with Crippen LogP contribution < -0.4 is 15.4 Å². The van der Waals surface area contributed by atoms with Crippen molar-refractivity contribution in [2.24, 2.45) is 0 Å². The van der Waals surface area contributed by atoms with Gasteiger partial charge in [0, 0.05) is 12.6 Å². The summed E-state index contributed by atoms with van der Waals surface area (Å²) >= 11 is 0. The summed E-state index contributed by atoms with van der Waals surface area (Å²) in [6.45, 7) is 1.82. The standard InChI is InChI=1S/C19H20N2O5/c1-12-9-10-15(25-3)14(11-12)18(23)26-16(13-7-5-4-6-8-13)17(22)21-19(24)20-2/h4-11,16H,1-3H3,(H2,20,21,22,24). The highest BCUT2D eigenvalue weighted by Gasteiger charge is 2.28. The van der Waals surface area contributed by atoms with Crippen molar-refractivity contribution in [2.45, 2.75) is 13.0 Å². The van der Waals surface area contributed by atoms with Crippen LogP contribution in [-0.4, -0.2) is 32.1 Å². The molecule has 0 saturated heterocycles. The molecule has 0 bridgehead atoms. The van der Waals surface area contributed by atoms with Crippen LogP contribution in [0.15, 0.2) is 48.5 Å². The first-order valence-electron chi connectivity index (χ1n) is 7.89. The summed E-state index contributed by atoms with van der Waals surface area (Å²) in [4.78, 5) is 36.5. The fraction of sp³-hybridized carbons (Fsp3) is 0.211. The number of hydrogen-bond acceptors (Lipinski definition) is 5. The van der Waals surface area contributed by atoms with Gasteiger partial charge in [0.1, 0.15) is 11.3 Å². The molecule has 1 unspecified atom stereocenters. The molecule has 7 heteroatoms. The van der Waals surface area contributed by atoms with Gasteiger partial charge in [-0.05, 0) is 19.1 Å². The summed E-state index contributed by atoms with van der Waals surface area (Å²) in [5, 5.41) is 4.41. The second kappa shape index (κ2) is 8.66. The molecule has 0 radical (unpaired) electrons. The van der Waals surface area contributed by atoms with Crippen LogP contribution in [-0.2, 0) is 9.53 Å². The first-order valence-corrected chi connectivity index (χ1v) is 7.89. The zero-order chi connectivity index (χ0) is 19.1. The van der Waals surface area contributed by atoms with Crippen molar-refractivity contribution in [3.05, 3.63) is 65.2 Å². The number of methoxy groups -OCH3 is 1. The van der Waals surface area contributed by atoms with Crippen molar-refractivity contribution in [3.8, 4) is 5.75 Å². The molecule has 1 atom stereocenters. The number of ether oxygens (including phenoxy) is 2. The quantitative estimate of drug-likeness (QED) is 0.802. The Morgan fingerprint density at radius 3 is 2.35 bits per heavy atom. The summed E-state index contributed by atoms with van der Waals surface area (Å²) in [6.07, 6.45) is -1.29. The molecule has 7 nitrogen and oxygen atoms in total. The number of hydrogen-bond donors (Lipinski definition) is 2. The molecule has 0 aliphatic heterocycles. The highest BCUT2D eigenvalue weighted by atomic mass is 16.6. The van der Waals surface area contributed by atoms with E-state index >= 15 is 0 Å². The van der Waals surface area contributed by atoms with E-state index in [1.807, 2.05) is 6.92 Å². The van der Waals surface area contributed by atoms with Gasteiger partial charge in [-0.2, -0.15) is 0 Å². The lowest BCUT2D eigenvalue weighted by molar-refractivity contribution is -0.129. The minimum absolute atomic E-state index is 0.196. The van der Waals surface area contributed by atoms with Crippen LogP contribution >= 0.6 is 0 Å². The lowest BCUT2D eigenvalue weighted by atomic mass is 10.1. The number of carbonyl (C=O) groups excluding carboxylic acids is 3. The van der Waals surface area contributed by atoms with Gasteiger partial charge in [-0.25, -0.2) is 9.59 Å². The molecule has 0 fully saturated rings. The summed E-state index contributed by atoms with van der Waals surface area (Å²) in [6, 6.07) is 12.8. The second-order valence-corrected chi connectivity index (χ2v) is 5.47. The molecule has 26 heavy (non-hydrogen) atoms. The van der Waals surface area contributed by atoms with Crippen molar-refractivity contribution >= 4 is 17.9 Å². The van der Waals surface area contributed by atoms with E-state index in [0.717, 1.165) is 5.56 Å². The topological polar surface area (TPSA) is 93.7 Å². The van der Waals surface area contributed by atoms with Gasteiger partial charge in [-0.3, -0.25) is 10.1 Å². The fourth-order valence-electron chi connectivity index (χ4n) is 2.29. The first kappa shape index (κ1) is 19.0. The number of aryl methyl sites for hydroxylation is 1. The van der Waals surface area contributed by atoms with Gasteiger partial charge in [0.05, 0.1) is 7.11 Å². The van der Waals surface area contributed by atoms with E-state index in [-0.39, 0.29) is 5.56 Å². The van der Waals surface area contributed by atoms with Crippen LogP contribution in [0.3, 0.4) is 0 Å². The van der Waals surface area contributed by atoms with Gasteiger partial charge >= 0.3 is 12.0 Å². The van der Waals surface area contributed by atoms with Gasteiger partial charge in [0.25, 0.3) is 5.91 Å². The minimum atomic E-state index is -1.29. The van der Waals surface area contributed by atoms with Crippen molar-refractivity contribution < 1.29 is 23.9 Å². The van der Waals surface area contributed by atoms with E-state index in [1.54, 1.807) is 48.5 Å². The maximum atomic E-state index is 12.6. The minimum Gasteiger partial charge on any atom is -0.496 e. The van der Waals surface area contributed by atoms with Gasteiger partial charge < -0.3 is 14.8 Å². The average molecular weight is 356 g/mol. The van der Waals surface area contributed by atoms with Crippen LogP contribution in [0.4, 0.5) is 4.79 Å². The van der Waals surface area contributed by atoms with Crippen LogP contribution in [0.1, 0.15) is 27.6 Å². The summed E-state index contributed by atoms with van der Waals surface area (Å²) in [7, 11) is 2.82. The Morgan fingerprint density at radius 1 is 1.04 bits per heavy atom. The van der Waals surface area contributed by atoms with Gasteiger partial charge in [-0.15, -0.1) is 0 Å². The van der Waals surface area contributed by atoms with E-state index in [0.29, 0.717) is 11.3 Å². The average Bonchev–Trinajstić information content (AvgIpc) is 2.66. The Bertz CT molecular complexity index is 805. The molecule has 0 aromatic heterocycles. The van der Waals surface area contributed by atoms with Crippen molar-refractivity contribution in [1.29, 1.82) is 0 Å². The lowest BCUT2D eigenvalue weighted by Gasteiger charge is -2.18. The number of esters is 1. The van der Waals surface area contributed by atoms with E-state index < -0.39 is 24.0 Å². The number of amides is 3. The van der Waals surface area contributed by atoms with E-state index in [2.05, 4.69) is 10.6 Å². The normalized spacial score (nSPS) is 11.2. The highest BCUT2D eigenvalue weighted by Crippen LogP contribution is 2.25. The molecule has 0 spiro atoms.